The van der Waals surface area contributed by atoms with Gasteiger partial charge in [-0.1, -0.05) is 0 Å². The van der Waals surface area contributed by atoms with E-state index in [1.807, 2.05) is 31.3 Å². The maximum Gasteiger partial charge on any atom is 0.226 e. The van der Waals surface area contributed by atoms with Gasteiger partial charge in [-0.15, -0.1) is 11.3 Å². The van der Waals surface area contributed by atoms with E-state index in [4.69, 9.17) is 4.74 Å². The molecule has 2 aromatic heterocycles. The summed E-state index contributed by atoms with van der Waals surface area (Å²) in [6.45, 7) is 4.55. The van der Waals surface area contributed by atoms with Gasteiger partial charge in [-0.3, -0.25) is 0 Å². The van der Waals surface area contributed by atoms with Crippen LogP contribution in [0.5, 0.6) is 5.88 Å². The molecule has 106 valence electrons. The summed E-state index contributed by atoms with van der Waals surface area (Å²) in [7, 11) is 0. The lowest BCUT2D eigenvalue weighted by Crippen LogP contribution is -2.17. The fourth-order valence-corrected chi connectivity index (χ4v) is 3.61. The average molecular weight is 289 g/mol. The van der Waals surface area contributed by atoms with Crippen molar-refractivity contribution in [3.8, 4) is 5.88 Å². The van der Waals surface area contributed by atoms with Gasteiger partial charge in [-0.05, 0) is 50.1 Å². The summed E-state index contributed by atoms with van der Waals surface area (Å²) in [6.07, 6.45) is 3.55. The van der Waals surface area contributed by atoms with Gasteiger partial charge in [0.05, 0.1) is 12.6 Å². The van der Waals surface area contributed by atoms with E-state index in [1.54, 1.807) is 0 Å². The molecule has 0 amide bonds. The third kappa shape index (κ3) is 2.77. The first kappa shape index (κ1) is 13.4. The van der Waals surface area contributed by atoms with E-state index >= 15 is 0 Å². The predicted molar refractivity (Wildman–Crippen MR) is 81.6 cm³/mol. The van der Waals surface area contributed by atoms with Crippen LogP contribution in [0, 0.1) is 6.92 Å². The van der Waals surface area contributed by atoms with Gasteiger partial charge in [0.25, 0.3) is 0 Å². The number of ether oxygens (including phenoxy) is 1. The van der Waals surface area contributed by atoms with E-state index in [9.17, 15) is 0 Å². The Morgan fingerprint density at radius 1 is 1.45 bits per heavy atom. The fraction of sp³-hybridized carbons (Fsp3) is 0.467. The number of nitrogens with zero attached hydrogens (tertiary/aromatic N) is 2. The van der Waals surface area contributed by atoms with Crippen LogP contribution >= 0.6 is 11.3 Å². The smallest absolute Gasteiger partial charge is 0.226 e. The zero-order valence-electron chi connectivity index (χ0n) is 11.8. The first-order valence-corrected chi connectivity index (χ1v) is 7.95. The van der Waals surface area contributed by atoms with Crippen LogP contribution in [-0.2, 0) is 6.42 Å². The molecule has 0 aliphatic heterocycles. The van der Waals surface area contributed by atoms with Crippen molar-refractivity contribution >= 4 is 17.3 Å². The van der Waals surface area contributed by atoms with Gasteiger partial charge in [0.1, 0.15) is 0 Å². The fourth-order valence-electron chi connectivity index (χ4n) is 2.62. The Hall–Kier alpha value is -1.62. The Labute approximate surface area is 123 Å². The topological polar surface area (TPSA) is 47.0 Å². The lowest BCUT2D eigenvalue weighted by Gasteiger charge is -2.23. The van der Waals surface area contributed by atoms with Crippen LogP contribution in [0.25, 0.3) is 0 Å². The molecule has 1 aliphatic rings. The van der Waals surface area contributed by atoms with Crippen LogP contribution in [-0.4, -0.2) is 16.6 Å². The van der Waals surface area contributed by atoms with Crippen LogP contribution in [0.4, 0.5) is 5.95 Å². The second kappa shape index (κ2) is 5.79. The van der Waals surface area contributed by atoms with Crippen LogP contribution in [0.1, 0.15) is 41.9 Å². The average Bonchev–Trinajstić information content (AvgIpc) is 2.88. The van der Waals surface area contributed by atoms with Crippen molar-refractivity contribution < 1.29 is 4.74 Å². The number of nitrogens with one attached hydrogen (secondary N) is 1. The molecular weight excluding hydrogens is 270 g/mol. The van der Waals surface area contributed by atoms with Crippen LogP contribution in [0.2, 0.25) is 0 Å². The van der Waals surface area contributed by atoms with E-state index in [0.29, 0.717) is 24.5 Å². The van der Waals surface area contributed by atoms with E-state index < -0.39 is 0 Å². The van der Waals surface area contributed by atoms with Gasteiger partial charge in [-0.25, -0.2) is 4.98 Å². The van der Waals surface area contributed by atoms with Crippen LogP contribution < -0.4 is 10.1 Å². The molecule has 0 spiro atoms. The lowest BCUT2D eigenvalue weighted by molar-refractivity contribution is 0.326. The minimum Gasteiger partial charge on any atom is -0.478 e. The molecule has 2 heterocycles. The molecule has 0 saturated heterocycles. The van der Waals surface area contributed by atoms with E-state index in [1.165, 1.54) is 23.3 Å². The molecular formula is C15H19N3OS. The minimum absolute atomic E-state index is 0.321. The summed E-state index contributed by atoms with van der Waals surface area (Å²) < 4.78 is 5.48. The van der Waals surface area contributed by atoms with Crippen molar-refractivity contribution in [3.05, 3.63) is 33.6 Å². The summed E-state index contributed by atoms with van der Waals surface area (Å²) in [4.78, 5) is 10.4. The predicted octanol–water partition coefficient (Wildman–Crippen LogP) is 3.73. The highest BCUT2D eigenvalue weighted by Crippen LogP contribution is 2.35. The van der Waals surface area contributed by atoms with Gasteiger partial charge >= 0.3 is 0 Å². The Morgan fingerprint density at radius 3 is 3.20 bits per heavy atom. The zero-order valence-corrected chi connectivity index (χ0v) is 12.7. The molecule has 0 saturated carbocycles. The van der Waals surface area contributed by atoms with Crippen molar-refractivity contribution in [2.24, 2.45) is 0 Å². The molecule has 1 atom stereocenters. The van der Waals surface area contributed by atoms with Gasteiger partial charge in [0.2, 0.25) is 11.8 Å². The van der Waals surface area contributed by atoms with Gasteiger partial charge in [0, 0.05) is 16.6 Å². The molecule has 20 heavy (non-hydrogen) atoms. The monoisotopic (exact) mass is 289 g/mol. The molecule has 5 heteroatoms. The highest BCUT2D eigenvalue weighted by atomic mass is 32.1. The molecule has 2 aromatic rings. The number of thiophene rings is 1. The SMILES string of the molecule is CCOc1cc(C)nc(NC2CCCc3sccc32)n1. The number of hydrogen-bond donors (Lipinski definition) is 1. The van der Waals surface area contributed by atoms with E-state index in [-0.39, 0.29) is 0 Å². The summed E-state index contributed by atoms with van der Waals surface area (Å²) in [6, 6.07) is 4.41. The first-order valence-electron chi connectivity index (χ1n) is 7.07. The van der Waals surface area contributed by atoms with Crippen LogP contribution in [0.3, 0.4) is 0 Å². The quantitative estimate of drug-likeness (QED) is 0.931. The number of fused-ring (bicyclic) bond motifs is 1. The number of aryl methyl sites for hydroxylation is 2. The summed E-state index contributed by atoms with van der Waals surface area (Å²) in [5.74, 6) is 1.31. The van der Waals surface area contributed by atoms with Crippen molar-refractivity contribution in [2.45, 2.75) is 39.2 Å². The largest absolute Gasteiger partial charge is 0.478 e. The third-order valence-electron chi connectivity index (χ3n) is 3.48. The number of aromatic nitrogens is 2. The molecule has 0 fully saturated rings. The third-order valence-corrected chi connectivity index (χ3v) is 4.47. The molecule has 1 unspecified atom stereocenters. The molecule has 4 nitrogen and oxygen atoms in total. The molecule has 1 N–H and O–H groups in total. The Balaban J connectivity index is 1.82. The van der Waals surface area contributed by atoms with Crippen molar-refractivity contribution in [3.63, 3.8) is 0 Å². The number of hydrogen-bond acceptors (Lipinski definition) is 5. The Morgan fingerprint density at radius 2 is 2.35 bits per heavy atom. The van der Waals surface area contributed by atoms with E-state index in [0.717, 1.165) is 12.1 Å². The Kier molecular flexibility index (Phi) is 3.87. The molecule has 0 bridgehead atoms. The molecule has 1 aliphatic carbocycles. The second-order valence-corrected chi connectivity index (χ2v) is 5.99. The maximum atomic E-state index is 5.48. The minimum atomic E-state index is 0.321. The highest BCUT2D eigenvalue weighted by Gasteiger charge is 2.22. The molecule has 3 rings (SSSR count). The summed E-state index contributed by atoms with van der Waals surface area (Å²) >= 11 is 1.85. The zero-order chi connectivity index (χ0) is 13.9. The van der Waals surface area contributed by atoms with Crippen molar-refractivity contribution in [1.29, 1.82) is 0 Å². The van der Waals surface area contributed by atoms with Gasteiger partial charge in [0.15, 0.2) is 0 Å². The lowest BCUT2D eigenvalue weighted by atomic mass is 9.94. The number of rotatable bonds is 4. The highest BCUT2D eigenvalue weighted by molar-refractivity contribution is 7.10. The first-order chi connectivity index (χ1) is 9.76. The van der Waals surface area contributed by atoms with Crippen LogP contribution in [0.15, 0.2) is 17.5 Å². The number of anilines is 1. The summed E-state index contributed by atoms with van der Waals surface area (Å²) in [5.41, 5.74) is 2.33. The second-order valence-electron chi connectivity index (χ2n) is 4.99. The van der Waals surface area contributed by atoms with Gasteiger partial charge in [-0.2, -0.15) is 4.98 Å². The summed E-state index contributed by atoms with van der Waals surface area (Å²) in [5, 5.41) is 5.64. The molecule has 0 aromatic carbocycles. The molecule has 0 radical (unpaired) electrons. The Bertz CT molecular complexity index is 597. The van der Waals surface area contributed by atoms with Crippen molar-refractivity contribution in [2.75, 3.05) is 11.9 Å². The standard InChI is InChI=1S/C15H19N3OS/c1-3-19-14-9-10(2)16-15(18-14)17-12-5-4-6-13-11(12)7-8-20-13/h7-9,12H,3-6H2,1-2H3,(H,16,17,18). The van der Waals surface area contributed by atoms with Crippen molar-refractivity contribution in [1.82, 2.24) is 9.97 Å². The van der Waals surface area contributed by atoms with Gasteiger partial charge < -0.3 is 10.1 Å². The normalized spacial score (nSPS) is 17.6. The maximum absolute atomic E-state index is 5.48. The van der Waals surface area contributed by atoms with E-state index in [2.05, 4.69) is 26.7 Å².